The summed E-state index contributed by atoms with van der Waals surface area (Å²) in [4.78, 5) is 19.5. The van der Waals surface area contributed by atoms with E-state index in [0.717, 1.165) is 34.0 Å². The summed E-state index contributed by atoms with van der Waals surface area (Å²) in [6.07, 6.45) is 1.75. The van der Waals surface area contributed by atoms with Gasteiger partial charge in [0.05, 0.1) is 17.8 Å². The SMILES string of the molecule is Cc1cc([C@@H]2[C@H](c3ccccn3)NC(=S)N2CC(=O)Nc2ccccc2)c(C)n1-c1ccc(F)cc1. The van der Waals surface area contributed by atoms with Gasteiger partial charge in [0.25, 0.3) is 0 Å². The lowest BCUT2D eigenvalue weighted by molar-refractivity contribution is -0.116. The van der Waals surface area contributed by atoms with E-state index in [2.05, 4.69) is 26.3 Å². The zero-order valence-electron chi connectivity index (χ0n) is 20.0. The quantitative estimate of drug-likeness (QED) is 0.355. The standard InChI is InChI=1S/C28H26FN5OS/c1-18-16-23(19(2)34(18)22-13-11-20(29)12-14-22)27-26(24-10-6-7-15-30-24)32-28(36)33(27)17-25(35)31-21-8-4-3-5-9-21/h3-16,26-27H,17H2,1-2H3,(H,31,35)(H,32,36)/t26-,27+/m0/s1. The number of anilines is 1. The van der Waals surface area contributed by atoms with E-state index in [1.807, 2.05) is 67.3 Å². The number of carbonyl (C=O) groups excluding carboxylic acids is 1. The molecule has 0 spiro atoms. The number of hydrogen-bond acceptors (Lipinski definition) is 3. The van der Waals surface area contributed by atoms with Gasteiger partial charge >= 0.3 is 0 Å². The lowest BCUT2D eigenvalue weighted by Crippen LogP contribution is -2.37. The molecular weight excluding hydrogens is 473 g/mol. The monoisotopic (exact) mass is 499 g/mol. The van der Waals surface area contributed by atoms with Crippen molar-refractivity contribution in [1.29, 1.82) is 0 Å². The number of nitrogens with zero attached hydrogens (tertiary/aromatic N) is 3. The fourth-order valence-electron chi connectivity index (χ4n) is 4.87. The third kappa shape index (κ3) is 4.59. The molecule has 0 aliphatic carbocycles. The minimum atomic E-state index is -0.280. The zero-order chi connectivity index (χ0) is 25.2. The van der Waals surface area contributed by atoms with Gasteiger partial charge in [0.2, 0.25) is 5.91 Å². The van der Waals surface area contributed by atoms with E-state index in [0.29, 0.717) is 5.11 Å². The number of carbonyl (C=O) groups is 1. The highest BCUT2D eigenvalue weighted by Gasteiger charge is 2.42. The number of benzene rings is 2. The zero-order valence-corrected chi connectivity index (χ0v) is 20.8. The number of halogens is 1. The Hall–Kier alpha value is -4.04. The molecule has 0 radical (unpaired) electrons. The molecule has 8 heteroatoms. The summed E-state index contributed by atoms with van der Waals surface area (Å²) in [7, 11) is 0. The molecule has 0 bridgehead atoms. The van der Waals surface area contributed by atoms with Crippen molar-refractivity contribution in [2.75, 3.05) is 11.9 Å². The van der Waals surface area contributed by atoms with Crippen molar-refractivity contribution >= 4 is 28.9 Å². The molecule has 6 nitrogen and oxygen atoms in total. The van der Waals surface area contributed by atoms with Crippen molar-refractivity contribution in [1.82, 2.24) is 19.8 Å². The molecule has 2 atom stereocenters. The molecule has 2 aromatic heterocycles. The molecule has 1 aliphatic rings. The van der Waals surface area contributed by atoms with E-state index < -0.39 is 0 Å². The maximum absolute atomic E-state index is 13.6. The summed E-state index contributed by atoms with van der Waals surface area (Å²) in [6, 6.07) is 23.2. The van der Waals surface area contributed by atoms with E-state index in [9.17, 15) is 9.18 Å². The summed E-state index contributed by atoms with van der Waals surface area (Å²) in [5.41, 5.74) is 5.45. The number of pyridine rings is 1. The number of thiocarbonyl (C=S) groups is 1. The topological polar surface area (TPSA) is 62.2 Å². The summed E-state index contributed by atoms with van der Waals surface area (Å²) in [5.74, 6) is -0.443. The average Bonchev–Trinajstić information content (AvgIpc) is 3.35. The highest BCUT2D eigenvalue weighted by molar-refractivity contribution is 7.80. The van der Waals surface area contributed by atoms with E-state index in [-0.39, 0.29) is 30.4 Å². The van der Waals surface area contributed by atoms with E-state index >= 15 is 0 Å². The summed E-state index contributed by atoms with van der Waals surface area (Å²) >= 11 is 5.73. The number of rotatable bonds is 6. The van der Waals surface area contributed by atoms with Gasteiger partial charge in [0.1, 0.15) is 12.4 Å². The van der Waals surface area contributed by atoms with Crippen LogP contribution in [0.15, 0.2) is 85.1 Å². The Labute approximate surface area is 214 Å². The maximum Gasteiger partial charge on any atom is 0.244 e. The molecule has 1 fully saturated rings. The first-order valence-electron chi connectivity index (χ1n) is 11.7. The first kappa shape index (κ1) is 23.7. The highest BCUT2D eigenvalue weighted by Crippen LogP contribution is 2.41. The maximum atomic E-state index is 13.6. The Morgan fingerprint density at radius 3 is 2.47 bits per heavy atom. The smallest absolute Gasteiger partial charge is 0.244 e. The number of nitrogens with one attached hydrogen (secondary N) is 2. The van der Waals surface area contributed by atoms with Gasteiger partial charge in [-0.1, -0.05) is 24.3 Å². The van der Waals surface area contributed by atoms with Crippen LogP contribution >= 0.6 is 12.2 Å². The Morgan fingerprint density at radius 2 is 1.78 bits per heavy atom. The molecule has 182 valence electrons. The molecule has 2 aromatic carbocycles. The Kier molecular flexibility index (Phi) is 6.52. The van der Waals surface area contributed by atoms with Gasteiger partial charge in [-0.2, -0.15) is 0 Å². The lowest BCUT2D eigenvalue weighted by Gasteiger charge is -2.27. The Morgan fingerprint density at radius 1 is 1.06 bits per heavy atom. The van der Waals surface area contributed by atoms with Gasteiger partial charge in [-0.05, 0) is 86.2 Å². The number of amides is 1. The highest BCUT2D eigenvalue weighted by atomic mass is 32.1. The van der Waals surface area contributed by atoms with Gasteiger partial charge in [0.15, 0.2) is 5.11 Å². The lowest BCUT2D eigenvalue weighted by atomic mass is 9.96. The van der Waals surface area contributed by atoms with Crippen LogP contribution < -0.4 is 10.6 Å². The van der Waals surface area contributed by atoms with Crippen LogP contribution in [0.3, 0.4) is 0 Å². The van der Waals surface area contributed by atoms with Crippen molar-refractivity contribution in [3.8, 4) is 5.69 Å². The third-order valence-electron chi connectivity index (χ3n) is 6.44. The Bertz CT molecular complexity index is 1390. The number of aromatic nitrogens is 2. The number of para-hydroxylation sites is 1. The molecule has 2 N–H and O–H groups in total. The second-order valence-electron chi connectivity index (χ2n) is 8.81. The van der Waals surface area contributed by atoms with Crippen LogP contribution in [0.4, 0.5) is 10.1 Å². The number of hydrogen-bond donors (Lipinski definition) is 2. The third-order valence-corrected chi connectivity index (χ3v) is 6.80. The van der Waals surface area contributed by atoms with Gasteiger partial charge in [0, 0.05) is 29.0 Å². The van der Waals surface area contributed by atoms with Crippen LogP contribution in [0.25, 0.3) is 5.69 Å². The fraction of sp³-hybridized carbons (Fsp3) is 0.179. The fourth-order valence-corrected chi connectivity index (χ4v) is 5.17. The van der Waals surface area contributed by atoms with Crippen LogP contribution in [-0.2, 0) is 4.79 Å². The van der Waals surface area contributed by atoms with Gasteiger partial charge in [-0.3, -0.25) is 9.78 Å². The van der Waals surface area contributed by atoms with Gasteiger partial charge in [-0.25, -0.2) is 4.39 Å². The first-order chi connectivity index (χ1) is 17.4. The summed E-state index contributed by atoms with van der Waals surface area (Å²) in [6.45, 7) is 4.13. The van der Waals surface area contributed by atoms with E-state index in [1.165, 1.54) is 12.1 Å². The average molecular weight is 500 g/mol. The van der Waals surface area contributed by atoms with Crippen molar-refractivity contribution in [2.24, 2.45) is 0 Å². The van der Waals surface area contributed by atoms with Crippen LogP contribution in [0.5, 0.6) is 0 Å². The minimum absolute atomic E-state index is 0.0783. The van der Waals surface area contributed by atoms with Gasteiger partial charge in [-0.15, -0.1) is 0 Å². The predicted octanol–water partition coefficient (Wildman–Crippen LogP) is 5.24. The predicted molar refractivity (Wildman–Crippen MR) is 142 cm³/mol. The Balaban J connectivity index is 1.53. The van der Waals surface area contributed by atoms with Crippen LogP contribution in [0.1, 0.15) is 34.7 Å². The molecule has 1 aliphatic heterocycles. The molecule has 1 saturated heterocycles. The molecule has 4 aromatic rings. The molecule has 0 unspecified atom stereocenters. The normalized spacial score (nSPS) is 17.2. The van der Waals surface area contributed by atoms with Crippen molar-refractivity contribution in [3.63, 3.8) is 0 Å². The molecule has 5 rings (SSSR count). The second-order valence-corrected chi connectivity index (χ2v) is 9.19. The first-order valence-corrected chi connectivity index (χ1v) is 12.1. The molecule has 36 heavy (non-hydrogen) atoms. The van der Waals surface area contributed by atoms with E-state index in [4.69, 9.17) is 12.2 Å². The molecule has 0 saturated carbocycles. The molecular formula is C28H26FN5OS. The molecule has 3 heterocycles. The van der Waals surface area contributed by atoms with Crippen molar-refractivity contribution < 1.29 is 9.18 Å². The van der Waals surface area contributed by atoms with E-state index in [1.54, 1.807) is 18.3 Å². The minimum Gasteiger partial charge on any atom is -0.352 e. The van der Waals surface area contributed by atoms with Crippen LogP contribution in [0.2, 0.25) is 0 Å². The summed E-state index contributed by atoms with van der Waals surface area (Å²) < 4.78 is 15.7. The van der Waals surface area contributed by atoms with Gasteiger partial charge < -0.3 is 20.1 Å². The van der Waals surface area contributed by atoms with Crippen molar-refractivity contribution in [2.45, 2.75) is 25.9 Å². The van der Waals surface area contributed by atoms with Crippen molar-refractivity contribution in [3.05, 3.63) is 114 Å². The number of aryl methyl sites for hydroxylation is 1. The van der Waals surface area contributed by atoms with Crippen LogP contribution in [-0.4, -0.2) is 32.0 Å². The largest absolute Gasteiger partial charge is 0.352 e. The van der Waals surface area contributed by atoms with Crippen LogP contribution in [0, 0.1) is 19.7 Å². The molecule has 1 amide bonds. The second kappa shape index (κ2) is 9.91. The summed E-state index contributed by atoms with van der Waals surface area (Å²) in [5, 5.41) is 6.84.